The Hall–Kier alpha value is -1.12. The van der Waals surface area contributed by atoms with Crippen LogP contribution in [0.15, 0.2) is 23.2 Å². The van der Waals surface area contributed by atoms with Crippen LogP contribution in [0.1, 0.15) is 60.3 Å². The highest BCUT2D eigenvalue weighted by Crippen LogP contribution is 2.08. The van der Waals surface area contributed by atoms with Crippen LogP contribution >= 0.6 is 0 Å². The molecular formula is C17H35N3. The van der Waals surface area contributed by atoms with Crippen LogP contribution < -0.4 is 10.6 Å². The Balaban J connectivity index is 4.28. The molecule has 0 bridgehead atoms. The highest BCUT2D eigenvalue weighted by atomic mass is 15.2. The first-order chi connectivity index (χ1) is 9.60. The molecule has 3 nitrogen and oxygen atoms in total. The van der Waals surface area contributed by atoms with Crippen LogP contribution in [0, 0.1) is 0 Å². The molecule has 0 aromatic heterocycles. The summed E-state index contributed by atoms with van der Waals surface area (Å²) < 4.78 is 0. The summed E-state index contributed by atoms with van der Waals surface area (Å²) in [5.41, 5.74) is 2.81. The molecule has 0 unspecified atom stereocenters. The molecule has 0 radical (unpaired) electrons. The first-order valence-electron chi connectivity index (χ1n) is 8.18. The van der Waals surface area contributed by atoms with Crippen LogP contribution in [0.25, 0.3) is 0 Å². The van der Waals surface area contributed by atoms with Gasteiger partial charge in [-0.3, -0.25) is 0 Å². The SMILES string of the molecule is CC/C=C(\CCC)NCCN/C(=C(\C)CC)N(C)CC. The van der Waals surface area contributed by atoms with Crippen molar-refractivity contribution >= 4 is 0 Å². The second kappa shape index (κ2) is 11.7. The average molecular weight is 281 g/mol. The van der Waals surface area contributed by atoms with E-state index in [4.69, 9.17) is 0 Å². The van der Waals surface area contributed by atoms with E-state index in [-0.39, 0.29) is 0 Å². The molecular weight excluding hydrogens is 246 g/mol. The number of nitrogens with zero attached hydrogens (tertiary/aromatic N) is 1. The minimum atomic E-state index is 0.960. The van der Waals surface area contributed by atoms with Crippen molar-refractivity contribution in [1.82, 2.24) is 15.5 Å². The van der Waals surface area contributed by atoms with Crippen molar-refractivity contribution in [3.05, 3.63) is 23.2 Å². The molecule has 0 aromatic rings. The summed E-state index contributed by atoms with van der Waals surface area (Å²) in [6.07, 6.45) is 6.85. The van der Waals surface area contributed by atoms with E-state index < -0.39 is 0 Å². The Morgan fingerprint density at radius 3 is 2.20 bits per heavy atom. The van der Waals surface area contributed by atoms with Gasteiger partial charge in [0.25, 0.3) is 0 Å². The fraction of sp³-hybridized carbons (Fsp3) is 0.765. The minimum absolute atomic E-state index is 0.960. The topological polar surface area (TPSA) is 27.3 Å². The van der Waals surface area contributed by atoms with E-state index in [1.807, 2.05) is 0 Å². The summed E-state index contributed by atoms with van der Waals surface area (Å²) in [6.45, 7) is 14.0. The van der Waals surface area contributed by atoms with Crippen molar-refractivity contribution in [1.29, 1.82) is 0 Å². The molecule has 0 aromatic carbocycles. The number of rotatable bonds is 11. The number of nitrogens with one attached hydrogen (secondary N) is 2. The maximum Gasteiger partial charge on any atom is 0.0999 e. The van der Waals surface area contributed by atoms with Crippen molar-refractivity contribution in [2.45, 2.75) is 60.3 Å². The van der Waals surface area contributed by atoms with E-state index >= 15 is 0 Å². The first kappa shape index (κ1) is 18.9. The van der Waals surface area contributed by atoms with Gasteiger partial charge in [-0.15, -0.1) is 0 Å². The summed E-state index contributed by atoms with van der Waals surface area (Å²) in [7, 11) is 2.15. The molecule has 0 spiro atoms. The van der Waals surface area contributed by atoms with Crippen LogP contribution in [0.4, 0.5) is 0 Å². The van der Waals surface area contributed by atoms with Crippen LogP contribution in [0.2, 0.25) is 0 Å². The molecule has 0 atom stereocenters. The number of allylic oxidation sites excluding steroid dienone is 3. The third kappa shape index (κ3) is 7.46. The van der Waals surface area contributed by atoms with Crippen molar-refractivity contribution in [2.75, 3.05) is 26.7 Å². The fourth-order valence-corrected chi connectivity index (χ4v) is 2.12. The van der Waals surface area contributed by atoms with Gasteiger partial charge in [0.2, 0.25) is 0 Å². The molecule has 0 aliphatic heterocycles. The molecule has 0 amide bonds. The predicted molar refractivity (Wildman–Crippen MR) is 90.6 cm³/mol. The normalized spacial score (nSPS) is 13.0. The van der Waals surface area contributed by atoms with Gasteiger partial charge in [-0.25, -0.2) is 0 Å². The van der Waals surface area contributed by atoms with Crippen LogP contribution in [0.5, 0.6) is 0 Å². The zero-order valence-corrected chi connectivity index (χ0v) is 14.5. The van der Waals surface area contributed by atoms with Gasteiger partial charge >= 0.3 is 0 Å². The van der Waals surface area contributed by atoms with Crippen LogP contribution in [0.3, 0.4) is 0 Å². The smallest absolute Gasteiger partial charge is 0.0999 e. The first-order valence-corrected chi connectivity index (χ1v) is 8.18. The summed E-state index contributed by atoms with van der Waals surface area (Å²) in [4.78, 5) is 2.29. The van der Waals surface area contributed by atoms with Crippen molar-refractivity contribution in [2.24, 2.45) is 0 Å². The predicted octanol–water partition coefficient (Wildman–Crippen LogP) is 3.85. The van der Waals surface area contributed by atoms with E-state index in [2.05, 4.69) is 63.3 Å². The standard InChI is InChI=1S/C17H35N3/c1-7-11-16(12-8-2)18-13-14-19-17(15(5)9-3)20(6)10-4/h11,18-19H,7-10,12-14H2,1-6H3/b16-11+,17-15-. The number of hydrogen-bond acceptors (Lipinski definition) is 3. The Morgan fingerprint density at radius 1 is 1.05 bits per heavy atom. The van der Waals surface area contributed by atoms with Gasteiger partial charge in [0, 0.05) is 32.4 Å². The minimum Gasteiger partial charge on any atom is -0.387 e. The van der Waals surface area contributed by atoms with E-state index in [1.54, 1.807) is 0 Å². The second-order valence-corrected chi connectivity index (χ2v) is 5.24. The van der Waals surface area contributed by atoms with E-state index in [0.717, 1.165) is 38.9 Å². The lowest BCUT2D eigenvalue weighted by atomic mass is 10.2. The van der Waals surface area contributed by atoms with Crippen molar-refractivity contribution in [3.63, 3.8) is 0 Å². The Labute approximate surface area is 126 Å². The molecule has 0 aliphatic carbocycles. The third-order valence-corrected chi connectivity index (χ3v) is 3.53. The lowest BCUT2D eigenvalue weighted by molar-refractivity contribution is 0.395. The van der Waals surface area contributed by atoms with Gasteiger partial charge in [0.1, 0.15) is 0 Å². The summed E-state index contributed by atoms with van der Waals surface area (Å²) in [5, 5.41) is 7.12. The molecule has 0 heterocycles. The maximum absolute atomic E-state index is 3.58. The maximum atomic E-state index is 3.58. The van der Waals surface area contributed by atoms with Gasteiger partial charge in [-0.2, -0.15) is 0 Å². The molecule has 0 saturated carbocycles. The Kier molecular flexibility index (Phi) is 11.0. The van der Waals surface area contributed by atoms with Gasteiger partial charge in [0.05, 0.1) is 5.82 Å². The van der Waals surface area contributed by atoms with Gasteiger partial charge in [-0.1, -0.05) is 33.3 Å². The Morgan fingerprint density at radius 2 is 1.70 bits per heavy atom. The average Bonchev–Trinajstić information content (AvgIpc) is 2.46. The van der Waals surface area contributed by atoms with E-state index in [1.165, 1.54) is 23.5 Å². The molecule has 0 rings (SSSR count). The van der Waals surface area contributed by atoms with Gasteiger partial charge in [0.15, 0.2) is 0 Å². The Bertz CT molecular complexity index is 305. The van der Waals surface area contributed by atoms with Crippen molar-refractivity contribution < 1.29 is 0 Å². The summed E-state index contributed by atoms with van der Waals surface area (Å²) >= 11 is 0. The van der Waals surface area contributed by atoms with Gasteiger partial charge < -0.3 is 15.5 Å². The highest BCUT2D eigenvalue weighted by molar-refractivity contribution is 5.08. The third-order valence-electron chi connectivity index (χ3n) is 3.53. The highest BCUT2D eigenvalue weighted by Gasteiger charge is 2.05. The lowest BCUT2D eigenvalue weighted by Crippen LogP contribution is -2.34. The van der Waals surface area contributed by atoms with Crippen LogP contribution in [-0.2, 0) is 0 Å². The quantitative estimate of drug-likeness (QED) is 0.563. The van der Waals surface area contributed by atoms with E-state index in [9.17, 15) is 0 Å². The molecule has 0 fully saturated rings. The number of hydrogen-bond donors (Lipinski definition) is 2. The zero-order chi connectivity index (χ0) is 15.4. The lowest BCUT2D eigenvalue weighted by Gasteiger charge is -2.25. The largest absolute Gasteiger partial charge is 0.387 e. The van der Waals surface area contributed by atoms with Crippen molar-refractivity contribution in [3.8, 4) is 0 Å². The molecule has 3 heteroatoms. The molecule has 0 saturated heterocycles. The second-order valence-electron chi connectivity index (χ2n) is 5.24. The molecule has 2 N–H and O–H groups in total. The van der Waals surface area contributed by atoms with Gasteiger partial charge in [-0.05, 0) is 38.7 Å². The molecule has 118 valence electrons. The monoisotopic (exact) mass is 281 g/mol. The van der Waals surface area contributed by atoms with Crippen LogP contribution in [-0.4, -0.2) is 31.6 Å². The summed E-state index contributed by atoms with van der Waals surface area (Å²) in [5.74, 6) is 1.29. The molecule has 0 aliphatic rings. The fourth-order valence-electron chi connectivity index (χ4n) is 2.12. The summed E-state index contributed by atoms with van der Waals surface area (Å²) in [6, 6.07) is 0. The zero-order valence-electron chi connectivity index (χ0n) is 14.5. The van der Waals surface area contributed by atoms with E-state index in [0.29, 0.717) is 0 Å². The molecule has 20 heavy (non-hydrogen) atoms.